The molecule has 0 radical (unpaired) electrons. The van der Waals surface area contributed by atoms with E-state index in [1.807, 2.05) is 13.0 Å². The summed E-state index contributed by atoms with van der Waals surface area (Å²) in [4.78, 5) is 11.7. The zero-order valence-corrected chi connectivity index (χ0v) is 13.5. The van der Waals surface area contributed by atoms with Gasteiger partial charge < -0.3 is 5.11 Å². The molecular weight excluding hydrogens is 272 g/mol. The van der Waals surface area contributed by atoms with Gasteiger partial charge >= 0.3 is 0 Å². The van der Waals surface area contributed by atoms with Crippen molar-refractivity contribution < 1.29 is 9.90 Å². The van der Waals surface area contributed by atoms with Gasteiger partial charge in [0.2, 0.25) is 0 Å². The fourth-order valence-corrected chi connectivity index (χ4v) is 6.24. The van der Waals surface area contributed by atoms with E-state index in [4.69, 9.17) is 0 Å². The van der Waals surface area contributed by atoms with Crippen molar-refractivity contribution in [3.05, 3.63) is 11.6 Å². The Kier molecular flexibility index (Phi) is 3.46. The van der Waals surface area contributed by atoms with E-state index in [9.17, 15) is 9.90 Å². The van der Waals surface area contributed by atoms with Crippen LogP contribution in [0.1, 0.15) is 58.3 Å². The van der Waals surface area contributed by atoms with Crippen LogP contribution in [0.5, 0.6) is 0 Å². The highest BCUT2D eigenvalue weighted by Crippen LogP contribution is 2.58. The highest BCUT2D eigenvalue weighted by Gasteiger charge is 2.54. The van der Waals surface area contributed by atoms with Crippen molar-refractivity contribution in [2.45, 2.75) is 63.9 Å². The summed E-state index contributed by atoms with van der Waals surface area (Å²) in [5.74, 6) is 9.63. The van der Waals surface area contributed by atoms with Gasteiger partial charge in [-0.25, -0.2) is 0 Å². The lowest BCUT2D eigenvalue weighted by Crippen LogP contribution is -2.45. The van der Waals surface area contributed by atoms with Crippen LogP contribution in [0, 0.1) is 41.4 Å². The first-order valence-corrected chi connectivity index (χ1v) is 9.02. The third kappa shape index (κ3) is 2.09. The van der Waals surface area contributed by atoms with Gasteiger partial charge in [-0.1, -0.05) is 11.5 Å². The van der Waals surface area contributed by atoms with Gasteiger partial charge in [-0.2, -0.15) is 0 Å². The lowest BCUT2D eigenvalue weighted by molar-refractivity contribution is -0.115. The van der Waals surface area contributed by atoms with Gasteiger partial charge in [0.25, 0.3) is 0 Å². The number of rotatable bonds is 0. The van der Waals surface area contributed by atoms with Gasteiger partial charge in [-0.05, 0) is 81.6 Å². The second-order valence-corrected chi connectivity index (χ2v) is 7.88. The van der Waals surface area contributed by atoms with E-state index in [0.717, 1.165) is 50.4 Å². The molecule has 3 fully saturated rings. The molecule has 0 saturated heterocycles. The van der Waals surface area contributed by atoms with E-state index in [1.54, 1.807) is 0 Å². The zero-order valence-electron chi connectivity index (χ0n) is 13.5. The van der Waals surface area contributed by atoms with Gasteiger partial charge in [-0.15, -0.1) is 5.92 Å². The van der Waals surface area contributed by atoms with Crippen molar-refractivity contribution in [1.29, 1.82) is 0 Å². The molecule has 0 spiro atoms. The minimum Gasteiger partial charge on any atom is -0.377 e. The van der Waals surface area contributed by atoms with Crippen molar-refractivity contribution in [1.82, 2.24) is 0 Å². The molecule has 0 aromatic rings. The summed E-state index contributed by atoms with van der Waals surface area (Å²) in [5, 5.41) is 10.9. The molecule has 0 aromatic carbocycles. The Morgan fingerprint density at radius 1 is 1.09 bits per heavy atom. The van der Waals surface area contributed by atoms with Gasteiger partial charge in [0.05, 0.1) is 0 Å². The summed E-state index contributed by atoms with van der Waals surface area (Å²) in [6, 6.07) is 0. The molecule has 1 unspecified atom stereocenters. The summed E-state index contributed by atoms with van der Waals surface area (Å²) in [6.07, 6.45) is 10.4. The third-order valence-corrected chi connectivity index (χ3v) is 7.05. The van der Waals surface area contributed by atoms with E-state index >= 15 is 0 Å². The highest BCUT2D eigenvalue weighted by atomic mass is 16.3. The van der Waals surface area contributed by atoms with E-state index < -0.39 is 5.60 Å². The smallest absolute Gasteiger partial charge is 0.155 e. The van der Waals surface area contributed by atoms with Crippen LogP contribution in [0.2, 0.25) is 0 Å². The van der Waals surface area contributed by atoms with Crippen LogP contribution in [0.3, 0.4) is 0 Å². The summed E-state index contributed by atoms with van der Waals surface area (Å²) >= 11 is 0. The molecule has 2 nitrogen and oxygen atoms in total. The Hall–Kier alpha value is -1.07. The molecule has 4 aliphatic carbocycles. The number of aliphatic hydroxyl groups is 1. The average Bonchev–Trinajstić information content (AvgIpc) is 2.84. The Morgan fingerprint density at radius 3 is 2.77 bits per heavy atom. The number of fused-ring (bicyclic) bond motifs is 5. The minimum atomic E-state index is -0.719. The van der Waals surface area contributed by atoms with Gasteiger partial charge in [0.1, 0.15) is 5.60 Å². The van der Waals surface area contributed by atoms with E-state index in [2.05, 4.69) is 11.8 Å². The standard InChI is InChI=1S/C20H26O2/c1-2-10-20(22)11-9-18-17-5-3-13-12-14(21)4-6-15(13)16(17)7-8-19(18)20/h12,15-19,22H,3-9,11H2,1H3/t15?,16-,17-,18+,19+,20+/m1/s1. The van der Waals surface area contributed by atoms with Crippen molar-refractivity contribution in [3.8, 4) is 11.8 Å². The van der Waals surface area contributed by atoms with Crippen LogP contribution in [0.4, 0.5) is 0 Å². The number of hydrogen-bond acceptors (Lipinski definition) is 2. The molecule has 3 saturated carbocycles. The van der Waals surface area contributed by atoms with Crippen LogP contribution in [-0.4, -0.2) is 16.5 Å². The lowest BCUT2D eigenvalue weighted by Gasteiger charge is -2.50. The maximum absolute atomic E-state index is 11.7. The molecule has 4 rings (SSSR count). The predicted molar refractivity (Wildman–Crippen MR) is 85.9 cm³/mol. The second-order valence-electron chi connectivity index (χ2n) is 7.88. The van der Waals surface area contributed by atoms with Crippen LogP contribution >= 0.6 is 0 Å². The predicted octanol–water partition coefficient (Wildman–Crippen LogP) is 3.49. The molecule has 1 N–H and O–H groups in total. The maximum atomic E-state index is 11.7. The van der Waals surface area contributed by atoms with Gasteiger partial charge in [-0.3, -0.25) is 4.79 Å². The first kappa shape index (κ1) is 14.5. The summed E-state index contributed by atoms with van der Waals surface area (Å²) in [7, 11) is 0. The highest BCUT2D eigenvalue weighted by molar-refractivity contribution is 5.91. The summed E-state index contributed by atoms with van der Waals surface area (Å²) < 4.78 is 0. The molecule has 2 heteroatoms. The largest absolute Gasteiger partial charge is 0.377 e. The Bertz CT molecular complexity index is 578. The molecule has 0 aromatic heterocycles. The third-order valence-electron chi connectivity index (χ3n) is 7.05. The number of ketones is 1. The van der Waals surface area contributed by atoms with Crippen LogP contribution in [-0.2, 0) is 4.79 Å². The first-order valence-electron chi connectivity index (χ1n) is 9.02. The normalized spacial score (nSPS) is 46.7. The quantitative estimate of drug-likeness (QED) is 0.695. The molecule has 22 heavy (non-hydrogen) atoms. The minimum absolute atomic E-state index is 0.340. The van der Waals surface area contributed by atoms with Crippen molar-refractivity contribution in [2.75, 3.05) is 0 Å². The summed E-state index contributed by atoms with van der Waals surface area (Å²) in [5.41, 5.74) is 0.723. The molecule has 0 bridgehead atoms. The lowest BCUT2D eigenvalue weighted by atomic mass is 9.55. The first-order chi connectivity index (χ1) is 10.6. The zero-order chi connectivity index (χ0) is 15.3. The SMILES string of the molecule is CC#C[C@]1(O)CC[C@H]2[C@@H]3CCC4=CC(=O)CCC4[C@H]3CC[C@@H]21. The number of carbonyl (C=O) groups is 1. The topological polar surface area (TPSA) is 37.3 Å². The molecule has 0 aliphatic heterocycles. The number of allylic oxidation sites excluding steroid dienone is 1. The summed E-state index contributed by atoms with van der Waals surface area (Å²) in [6.45, 7) is 1.84. The second kappa shape index (κ2) is 5.24. The fraction of sp³-hybridized carbons (Fsp3) is 0.750. The van der Waals surface area contributed by atoms with Crippen molar-refractivity contribution in [3.63, 3.8) is 0 Å². The molecule has 4 aliphatic rings. The Labute approximate surface area is 133 Å². The van der Waals surface area contributed by atoms with Crippen LogP contribution < -0.4 is 0 Å². The van der Waals surface area contributed by atoms with Crippen LogP contribution in [0.15, 0.2) is 11.6 Å². The van der Waals surface area contributed by atoms with Crippen LogP contribution in [0.25, 0.3) is 0 Å². The van der Waals surface area contributed by atoms with Crippen molar-refractivity contribution >= 4 is 5.78 Å². The molecule has 6 atom stereocenters. The molecule has 118 valence electrons. The average molecular weight is 298 g/mol. The van der Waals surface area contributed by atoms with Gasteiger partial charge in [0.15, 0.2) is 5.78 Å². The number of carbonyl (C=O) groups excluding carboxylic acids is 1. The Morgan fingerprint density at radius 2 is 1.95 bits per heavy atom. The van der Waals surface area contributed by atoms with E-state index in [0.29, 0.717) is 23.5 Å². The van der Waals surface area contributed by atoms with E-state index in [-0.39, 0.29) is 0 Å². The van der Waals surface area contributed by atoms with Crippen molar-refractivity contribution in [2.24, 2.45) is 29.6 Å². The molecule has 0 heterocycles. The van der Waals surface area contributed by atoms with E-state index in [1.165, 1.54) is 18.4 Å². The molecule has 0 amide bonds. The fourth-order valence-electron chi connectivity index (χ4n) is 6.24. The molecular formula is C20H26O2. The Balaban J connectivity index is 1.59. The maximum Gasteiger partial charge on any atom is 0.155 e. The monoisotopic (exact) mass is 298 g/mol. The number of hydrogen-bond donors (Lipinski definition) is 1. The van der Waals surface area contributed by atoms with Gasteiger partial charge in [0, 0.05) is 12.3 Å².